The quantitative estimate of drug-likeness (QED) is 0.360. The summed E-state index contributed by atoms with van der Waals surface area (Å²) in [5, 5.41) is 1.75. The van der Waals surface area contributed by atoms with E-state index >= 15 is 0 Å². The maximum absolute atomic E-state index is 5.59. The summed E-state index contributed by atoms with van der Waals surface area (Å²) in [6.07, 6.45) is 3.60. The standard InChI is InChI=1S/C16H24N2/c1-4-7-15-9-11-16(12-10-15)14(2)8-5-6-13-18(3)17/h9-12,14H,5-6,8,13,17H2,1-3H3. The van der Waals surface area contributed by atoms with E-state index in [1.807, 2.05) is 14.0 Å². The van der Waals surface area contributed by atoms with Gasteiger partial charge in [0.25, 0.3) is 0 Å². The predicted molar refractivity (Wildman–Crippen MR) is 78.1 cm³/mol. The first-order chi connectivity index (χ1) is 8.63. The molecule has 0 amide bonds. The zero-order chi connectivity index (χ0) is 13.4. The first-order valence-corrected chi connectivity index (χ1v) is 6.62. The van der Waals surface area contributed by atoms with E-state index in [4.69, 9.17) is 5.84 Å². The van der Waals surface area contributed by atoms with Gasteiger partial charge in [-0.15, -0.1) is 5.92 Å². The lowest BCUT2D eigenvalue weighted by molar-refractivity contribution is 0.336. The number of hydrogen-bond acceptors (Lipinski definition) is 2. The molecule has 2 heteroatoms. The largest absolute Gasteiger partial charge is 0.269 e. The topological polar surface area (TPSA) is 29.3 Å². The average Bonchev–Trinajstić information content (AvgIpc) is 2.35. The van der Waals surface area contributed by atoms with E-state index in [1.54, 1.807) is 5.01 Å². The van der Waals surface area contributed by atoms with Crippen molar-refractivity contribution in [2.45, 2.75) is 39.0 Å². The second-order valence-corrected chi connectivity index (χ2v) is 4.87. The van der Waals surface area contributed by atoms with Crippen LogP contribution >= 0.6 is 0 Å². The molecule has 18 heavy (non-hydrogen) atoms. The highest BCUT2D eigenvalue weighted by atomic mass is 15.4. The molecule has 0 saturated carbocycles. The first-order valence-electron chi connectivity index (χ1n) is 6.62. The third kappa shape index (κ3) is 5.35. The van der Waals surface area contributed by atoms with E-state index in [0.29, 0.717) is 5.92 Å². The van der Waals surface area contributed by atoms with Crippen molar-refractivity contribution in [1.82, 2.24) is 5.01 Å². The summed E-state index contributed by atoms with van der Waals surface area (Å²) in [4.78, 5) is 0. The molecule has 2 N–H and O–H groups in total. The Balaban J connectivity index is 2.40. The van der Waals surface area contributed by atoms with Gasteiger partial charge in [0.05, 0.1) is 0 Å². The molecule has 1 aromatic rings. The second-order valence-electron chi connectivity index (χ2n) is 4.87. The Morgan fingerprint density at radius 2 is 1.89 bits per heavy atom. The summed E-state index contributed by atoms with van der Waals surface area (Å²) in [7, 11) is 1.91. The Bertz CT molecular complexity index is 395. The molecule has 0 saturated heterocycles. The molecule has 0 heterocycles. The molecule has 1 atom stereocenters. The molecule has 0 spiro atoms. The van der Waals surface area contributed by atoms with Gasteiger partial charge in [-0.2, -0.15) is 0 Å². The number of nitrogens with zero attached hydrogens (tertiary/aromatic N) is 1. The number of hydrazine groups is 1. The summed E-state index contributed by atoms with van der Waals surface area (Å²) >= 11 is 0. The van der Waals surface area contributed by atoms with Crippen molar-refractivity contribution >= 4 is 0 Å². The molecule has 0 aliphatic rings. The van der Waals surface area contributed by atoms with Gasteiger partial charge in [-0.05, 0) is 43.4 Å². The smallest absolute Gasteiger partial charge is 0.0245 e. The molecular formula is C16H24N2. The van der Waals surface area contributed by atoms with E-state index in [0.717, 1.165) is 18.5 Å². The fourth-order valence-corrected chi connectivity index (χ4v) is 2.02. The summed E-state index contributed by atoms with van der Waals surface area (Å²) in [6, 6.07) is 8.60. The average molecular weight is 244 g/mol. The van der Waals surface area contributed by atoms with Crippen molar-refractivity contribution in [2.75, 3.05) is 13.6 Å². The number of rotatable bonds is 6. The molecule has 0 aliphatic heterocycles. The molecule has 1 rings (SSSR count). The molecule has 0 fully saturated rings. The summed E-state index contributed by atoms with van der Waals surface area (Å²) in [6.45, 7) is 5.12. The first kappa shape index (κ1) is 14.8. The van der Waals surface area contributed by atoms with Crippen molar-refractivity contribution in [3.63, 3.8) is 0 Å². The maximum Gasteiger partial charge on any atom is 0.0245 e. The van der Waals surface area contributed by atoms with E-state index in [-0.39, 0.29) is 0 Å². The zero-order valence-electron chi connectivity index (χ0n) is 11.7. The Kier molecular flexibility index (Phi) is 6.49. The number of hydrogen-bond donors (Lipinski definition) is 1. The Labute approximate surface area is 111 Å². The van der Waals surface area contributed by atoms with Crippen molar-refractivity contribution < 1.29 is 0 Å². The minimum Gasteiger partial charge on any atom is -0.269 e. The molecule has 1 unspecified atom stereocenters. The zero-order valence-corrected chi connectivity index (χ0v) is 11.7. The molecular weight excluding hydrogens is 220 g/mol. The molecule has 0 bridgehead atoms. The van der Waals surface area contributed by atoms with Crippen LogP contribution in [0.1, 0.15) is 50.2 Å². The number of benzene rings is 1. The number of nitrogens with two attached hydrogens (primary N) is 1. The van der Waals surface area contributed by atoms with E-state index < -0.39 is 0 Å². The number of unbranched alkanes of at least 4 members (excludes halogenated alkanes) is 1. The van der Waals surface area contributed by atoms with Gasteiger partial charge in [-0.3, -0.25) is 10.9 Å². The van der Waals surface area contributed by atoms with Gasteiger partial charge >= 0.3 is 0 Å². The van der Waals surface area contributed by atoms with Gasteiger partial charge in [0, 0.05) is 19.2 Å². The highest BCUT2D eigenvalue weighted by Gasteiger charge is 2.05. The van der Waals surface area contributed by atoms with E-state index in [1.165, 1.54) is 18.4 Å². The Morgan fingerprint density at radius 1 is 1.22 bits per heavy atom. The van der Waals surface area contributed by atoms with Crippen LogP contribution in [0.25, 0.3) is 0 Å². The third-order valence-electron chi connectivity index (χ3n) is 3.15. The summed E-state index contributed by atoms with van der Waals surface area (Å²) in [5.41, 5.74) is 2.50. The molecule has 98 valence electrons. The highest BCUT2D eigenvalue weighted by molar-refractivity contribution is 5.36. The van der Waals surface area contributed by atoms with Crippen molar-refractivity contribution in [2.24, 2.45) is 5.84 Å². The van der Waals surface area contributed by atoms with E-state index in [2.05, 4.69) is 43.0 Å². The lowest BCUT2D eigenvalue weighted by Crippen LogP contribution is -2.26. The lowest BCUT2D eigenvalue weighted by atomic mass is 9.94. The van der Waals surface area contributed by atoms with Crippen molar-refractivity contribution in [3.8, 4) is 11.8 Å². The minimum atomic E-state index is 0.608. The predicted octanol–water partition coefficient (Wildman–Crippen LogP) is 3.14. The van der Waals surface area contributed by atoms with Crippen LogP contribution in [-0.2, 0) is 0 Å². The van der Waals surface area contributed by atoms with Gasteiger partial charge in [0.15, 0.2) is 0 Å². The molecule has 1 aromatic carbocycles. The van der Waals surface area contributed by atoms with E-state index in [9.17, 15) is 0 Å². The van der Waals surface area contributed by atoms with Crippen LogP contribution < -0.4 is 5.84 Å². The van der Waals surface area contributed by atoms with Gasteiger partial charge < -0.3 is 0 Å². The minimum absolute atomic E-state index is 0.608. The Hall–Kier alpha value is -1.30. The molecule has 0 aliphatic carbocycles. The fraction of sp³-hybridized carbons (Fsp3) is 0.500. The van der Waals surface area contributed by atoms with Crippen molar-refractivity contribution in [3.05, 3.63) is 35.4 Å². The normalized spacial score (nSPS) is 12.1. The van der Waals surface area contributed by atoms with Crippen LogP contribution in [0.5, 0.6) is 0 Å². The van der Waals surface area contributed by atoms with Crippen LogP contribution in [0.2, 0.25) is 0 Å². The van der Waals surface area contributed by atoms with Crippen LogP contribution in [0.4, 0.5) is 0 Å². The lowest BCUT2D eigenvalue weighted by Gasteiger charge is -2.13. The van der Waals surface area contributed by atoms with Crippen LogP contribution in [0, 0.1) is 11.8 Å². The van der Waals surface area contributed by atoms with Crippen molar-refractivity contribution in [1.29, 1.82) is 0 Å². The van der Waals surface area contributed by atoms with Gasteiger partial charge in [0.1, 0.15) is 0 Å². The SMILES string of the molecule is CC#Cc1ccc(C(C)CCCCN(C)N)cc1. The monoisotopic (exact) mass is 244 g/mol. The second kappa shape index (κ2) is 7.92. The van der Waals surface area contributed by atoms with Gasteiger partial charge in [-0.1, -0.05) is 31.4 Å². The summed E-state index contributed by atoms with van der Waals surface area (Å²) in [5.74, 6) is 12.2. The van der Waals surface area contributed by atoms with Crippen LogP contribution in [-0.4, -0.2) is 18.6 Å². The molecule has 2 nitrogen and oxygen atoms in total. The Morgan fingerprint density at radius 3 is 2.44 bits per heavy atom. The molecule has 0 radical (unpaired) electrons. The highest BCUT2D eigenvalue weighted by Crippen LogP contribution is 2.21. The third-order valence-corrected chi connectivity index (χ3v) is 3.15. The molecule has 0 aromatic heterocycles. The maximum atomic E-state index is 5.59. The summed E-state index contributed by atoms with van der Waals surface area (Å²) < 4.78 is 0. The van der Waals surface area contributed by atoms with Gasteiger partial charge in [-0.25, -0.2) is 0 Å². The van der Waals surface area contributed by atoms with Crippen LogP contribution in [0.15, 0.2) is 24.3 Å². The van der Waals surface area contributed by atoms with Crippen LogP contribution in [0.3, 0.4) is 0 Å². The van der Waals surface area contributed by atoms with Gasteiger partial charge in [0.2, 0.25) is 0 Å². The fourth-order valence-electron chi connectivity index (χ4n) is 2.02.